The van der Waals surface area contributed by atoms with Crippen molar-refractivity contribution < 1.29 is 23.8 Å². The molecule has 1 aromatic rings. The molecule has 0 bridgehead atoms. The molecule has 0 aliphatic heterocycles. The zero-order valence-electron chi connectivity index (χ0n) is 17.7. The van der Waals surface area contributed by atoms with Gasteiger partial charge in [-0.25, -0.2) is 4.79 Å². The molecule has 2 amide bonds. The Kier molecular flexibility index (Phi) is 10.5. The average Bonchev–Trinajstić information content (AvgIpc) is 2.96. The lowest BCUT2D eigenvalue weighted by Crippen LogP contribution is -2.30. The lowest BCUT2D eigenvalue weighted by molar-refractivity contribution is -0.116. The summed E-state index contributed by atoms with van der Waals surface area (Å²) in [6, 6.07) is 7.27. The first-order chi connectivity index (χ1) is 14.1. The van der Waals surface area contributed by atoms with Crippen LogP contribution in [-0.4, -0.2) is 51.6 Å². The summed E-state index contributed by atoms with van der Waals surface area (Å²) in [6.45, 7) is 3.73. The standard InChI is InChI=1S/C22H34N2O5/c1-18(25)24(13-8-14-28-16-15-27-2)20-10-7-9-19(17-20)23-22(26)29-21-11-5-3-4-6-12-21/h7,9-10,17,21H,3-6,8,11-16H2,1-2H3,(H,23,26). The molecule has 0 unspecified atom stereocenters. The zero-order chi connectivity index (χ0) is 20.9. The highest BCUT2D eigenvalue weighted by Crippen LogP contribution is 2.22. The third-order valence-electron chi connectivity index (χ3n) is 4.96. The van der Waals surface area contributed by atoms with Crippen LogP contribution >= 0.6 is 0 Å². The second kappa shape index (κ2) is 13.2. The molecule has 0 aromatic heterocycles. The second-order valence-electron chi connectivity index (χ2n) is 7.32. The fourth-order valence-electron chi connectivity index (χ4n) is 3.45. The van der Waals surface area contributed by atoms with E-state index in [1.54, 1.807) is 24.1 Å². The lowest BCUT2D eigenvalue weighted by Gasteiger charge is -2.22. The van der Waals surface area contributed by atoms with Crippen LogP contribution in [-0.2, 0) is 19.0 Å². The summed E-state index contributed by atoms with van der Waals surface area (Å²) in [5.41, 5.74) is 1.35. The van der Waals surface area contributed by atoms with Crippen LogP contribution in [0.5, 0.6) is 0 Å². The van der Waals surface area contributed by atoms with Crippen LogP contribution in [0.25, 0.3) is 0 Å². The fraction of sp³-hybridized carbons (Fsp3) is 0.636. The number of carbonyl (C=O) groups is 2. The number of anilines is 2. The van der Waals surface area contributed by atoms with Gasteiger partial charge < -0.3 is 19.1 Å². The van der Waals surface area contributed by atoms with E-state index < -0.39 is 6.09 Å². The highest BCUT2D eigenvalue weighted by atomic mass is 16.6. The molecule has 7 nitrogen and oxygen atoms in total. The van der Waals surface area contributed by atoms with Crippen molar-refractivity contribution in [2.24, 2.45) is 0 Å². The summed E-state index contributed by atoms with van der Waals surface area (Å²) >= 11 is 0. The van der Waals surface area contributed by atoms with Crippen molar-refractivity contribution in [1.29, 1.82) is 0 Å². The van der Waals surface area contributed by atoms with Gasteiger partial charge in [-0.1, -0.05) is 18.9 Å². The molecular formula is C22H34N2O5. The molecule has 2 rings (SSSR count). The summed E-state index contributed by atoms with van der Waals surface area (Å²) < 4.78 is 16.0. The van der Waals surface area contributed by atoms with Gasteiger partial charge in [0.15, 0.2) is 0 Å². The molecule has 0 saturated heterocycles. The SMILES string of the molecule is COCCOCCCN(C(C)=O)c1cccc(NC(=O)OC2CCCCCC2)c1. The van der Waals surface area contributed by atoms with Gasteiger partial charge in [0.05, 0.1) is 13.2 Å². The van der Waals surface area contributed by atoms with Crippen LogP contribution in [0.4, 0.5) is 16.2 Å². The Morgan fingerprint density at radius 1 is 1.10 bits per heavy atom. The number of ether oxygens (including phenoxy) is 3. The van der Waals surface area contributed by atoms with Gasteiger partial charge in [-0.05, 0) is 50.3 Å². The summed E-state index contributed by atoms with van der Waals surface area (Å²) in [4.78, 5) is 26.0. The van der Waals surface area contributed by atoms with E-state index in [4.69, 9.17) is 14.2 Å². The van der Waals surface area contributed by atoms with Crippen LogP contribution in [0, 0.1) is 0 Å². The predicted octanol–water partition coefficient (Wildman–Crippen LogP) is 4.36. The molecule has 0 heterocycles. The van der Waals surface area contributed by atoms with Crippen molar-refractivity contribution in [1.82, 2.24) is 0 Å². The van der Waals surface area contributed by atoms with Crippen molar-refractivity contribution >= 4 is 23.4 Å². The van der Waals surface area contributed by atoms with Crippen molar-refractivity contribution in [3.8, 4) is 0 Å². The van der Waals surface area contributed by atoms with E-state index in [0.717, 1.165) is 31.4 Å². The van der Waals surface area contributed by atoms with Crippen molar-refractivity contribution in [3.63, 3.8) is 0 Å². The van der Waals surface area contributed by atoms with Gasteiger partial charge in [-0.2, -0.15) is 0 Å². The van der Waals surface area contributed by atoms with Crippen LogP contribution in [0.15, 0.2) is 24.3 Å². The van der Waals surface area contributed by atoms with E-state index in [-0.39, 0.29) is 12.0 Å². The normalized spacial score (nSPS) is 14.8. The monoisotopic (exact) mass is 406 g/mol. The Labute approximate surface area is 173 Å². The van der Waals surface area contributed by atoms with Crippen molar-refractivity contribution in [3.05, 3.63) is 24.3 Å². The van der Waals surface area contributed by atoms with E-state index in [9.17, 15) is 9.59 Å². The molecule has 29 heavy (non-hydrogen) atoms. The summed E-state index contributed by atoms with van der Waals surface area (Å²) in [5, 5.41) is 2.80. The molecule has 7 heteroatoms. The molecule has 0 atom stereocenters. The highest BCUT2D eigenvalue weighted by Gasteiger charge is 2.17. The van der Waals surface area contributed by atoms with Gasteiger partial charge in [-0.15, -0.1) is 0 Å². The van der Waals surface area contributed by atoms with Gasteiger partial charge in [0.1, 0.15) is 6.10 Å². The Morgan fingerprint density at radius 3 is 2.55 bits per heavy atom. The Bertz CT molecular complexity index is 629. The molecule has 0 spiro atoms. The number of nitrogens with one attached hydrogen (secondary N) is 1. The van der Waals surface area contributed by atoms with Crippen LogP contribution < -0.4 is 10.2 Å². The van der Waals surface area contributed by atoms with Gasteiger partial charge in [0.25, 0.3) is 0 Å². The van der Waals surface area contributed by atoms with Gasteiger partial charge >= 0.3 is 6.09 Å². The van der Waals surface area contributed by atoms with Gasteiger partial charge in [0, 0.05) is 38.6 Å². The van der Waals surface area contributed by atoms with Crippen molar-refractivity contribution in [2.75, 3.05) is 43.7 Å². The number of nitrogens with zero attached hydrogens (tertiary/aromatic N) is 1. The molecule has 1 aromatic carbocycles. The number of rotatable bonds is 10. The number of methoxy groups -OCH3 is 1. The quantitative estimate of drug-likeness (QED) is 0.461. The van der Waals surface area contributed by atoms with Crippen molar-refractivity contribution in [2.45, 2.75) is 58.0 Å². The number of carbonyl (C=O) groups excluding carboxylic acids is 2. The summed E-state index contributed by atoms with van der Waals surface area (Å²) in [5.74, 6) is -0.0555. The van der Waals surface area contributed by atoms with Crippen LogP contribution in [0.3, 0.4) is 0 Å². The van der Waals surface area contributed by atoms with E-state index in [0.29, 0.717) is 38.5 Å². The Balaban J connectivity index is 1.87. The highest BCUT2D eigenvalue weighted by molar-refractivity contribution is 5.93. The zero-order valence-corrected chi connectivity index (χ0v) is 17.7. The second-order valence-corrected chi connectivity index (χ2v) is 7.32. The number of amides is 2. The van der Waals surface area contributed by atoms with Crippen LogP contribution in [0.1, 0.15) is 51.9 Å². The maximum atomic E-state index is 12.3. The first-order valence-corrected chi connectivity index (χ1v) is 10.5. The maximum Gasteiger partial charge on any atom is 0.411 e. The van der Waals surface area contributed by atoms with E-state index in [2.05, 4.69) is 5.32 Å². The summed E-state index contributed by atoms with van der Waals surface area (Å²) in [7, 11) is 1.63. The van der Waals surface area contributed by atoms with Crippen LogP contribution in [0.2, 0.25) is 0 Å². The van der Waals surface area contributed by atoms with E-state index in [1.807, 2.05) is 12.1 Å². The first-order valence-electron chi connectivity index (χ1n) is 10.5. The van der Waals surface area contributed by atoms with Gasteiger partial charge in [-0.3, -0.25) is 10.1 Å². The van der Waals surface area contributed by atoms with E-state index >= 15 is 0 Å². The first kappa shape index (κ1) is 23.2. The average molecular weight is 407 g/mol. The third-order valence-corrected chi connectivity index (χ3v) is 4.96. The minimum Gasteiger partial charge on any atom is -0.446 e. The molecule has 1 N–H and O–H groups in total. The summed E-state index contributed by atoms with van der Waals surface area (Å²) in [6.07, 6.45) is 6.76. The number of hydrogen-bond donors (Lipinski definition) is 1. The molecular weight excluding hydrogens is 372 g/mol. The molecule has 1 fully saturated rings. The maximum absolute atomic E-state index is 12.3. The smallest absolute Gasteiger partial charge is 0.411 e. The minimum absolute atomic E-state index is 0.00694. The Morgan fingerprint density at radius 2 is 1.86 bits per heavy atom. The number of hydrogen-bond acceptors (Lipinski definition) is 5. The largest absolute Gasteiger partial charge is 0.446 e. The fourth-order valence-corrected chi connectivity index (χ4v) is 3.45. The lowest BCUT2D eigenvalue weighted by atomic mass is 10.2. The minimum atomic E-state index is -0.435. The molecule has 1 aliphatic carbocycles. The predicted molar refractivity (Wildman–Crippen MR) is 113 cm³/mol. The molecule has 1 aliphatic rings. The molecule has 162 valence electrons. The Hall–Kier alpha value is -2.12. The third kappa shape index (κ3) is 8.83. The molecule has 1 saturated carbocycles. The van der Waals surface area contributed by atoms with Gasteiger partial charge in [0.2, 0.25) is 5.91 Å². The molecule has 0 radical (unpaired) electrons. The topological polar surface area (TPSA) is 77.1 Å². The van der Waals surface area contributed by atoms with E-state index in [1.165, 1.54) is 19.8 Å². The number of benzene rings is 1.